The lowest BCUT2D eigenvalue weighted by Gasteiger charge is -1.85. The third kappa shape index (κ3) is 29.4. The van der Waals surface area contributed by atoms with Gasteiger partial charge in [0.1, 0.15) is 0 Å². The molecule has 0 aromatic heterocycles. The van der Waals surface area contributed by atoms with Crippen LogP contribution in [0.4, 0.5) is 0 Å². The molecule has 0 nitrogen and oxygen atoms in total. The molecule has 29 heavy (non-hydrogen) atoms. The fraction of sp³-hybridized carbons (Fsp3) is 0.0345. The maximum absolute atomic E-state index is 3.63. The highest BCUT2D eigenvalue weighted by atomic mass is 13.8. The van der Waals surface area contributed by atoms with Crippen LogP contribution in [0.5, 0.6) is 0 Å². The van der Waals surface area contributed by atoms with Gasteiger partial charge in [-0.2, -0.15) is 0 Å². The summed E-state index contributed by atoms with van der Waals surface area (Å²) < 4.78 is 0. The quantitative estimate of drug-likeness (QED) is 0.451. The van der Waals surface area contributed by atoms with Gasteiger partial charge in [-0.25, -0.2) is 0 Å². The van der Waals surface area contributed by atoms with Gasteiger partial charge in [-0.15, -0.1) is 0 Å². The van der Waals surface area contributed by atoms with E-state index in [2.05, 4.69) is 52.6 Å². The zero-order valence-corrected chi connectivity index (χ0v) is 18.0. The second-order valence-corrected chi connectivity index (χ2v) is 5.22. The molecule has 0 fully saturated rings. The molecule has 0 N–H and O–H groups in total. The van der Waals surface area contributed by atoms with Gasteiger partial charge in [-0.1, -0.05) is 161 Å². The Morgan fingerprint density at radius 1 is 0.552 bits per heavy atom. The Balaban J connectivity index is -0.000000304. The van der Waals surface area contributed by atoms with Crippen molar-refractivity contribution < 1.29 is 0 Å². The largest absolute Gasteiger partial charge is 0.0991 e. The molecule has 0 spiro atoms. The van der Waals surface area contributed by atoms with Crippen LogP contribution in [-0.2, 0) is 0 Å². The van der Waals surface area contributed by atoms with E-state index in [1.807, 2.05) is 79.7 Å². The van der Waals surface area contributed by atoms with Crippen LogP contribution in [0.25, 0.3) is 12.2 Å². The summed E-state index contributed by atoms with van der Waals surface area (Å²) in [6.45, 7) is 29.6. The van der Waals surface area contributed by atoms with Crippen LogP contribution >= 0.6 is 0 Å². The number of benzene rings is 2. The Morgan fingerprint density at radius 3 is 0.897 bits per heavy atom. The summed E-state index contributed by atoms with van der Waals surface area (Å²) in [5, 5.41) is 0. The van der Waals surface area contributed by atoms with Crippen molar-refractivity contribution in [3.8, 4) is 0 Å². The van der Waals surface area contributed by atoms with Crippen LogP contribution in [0.2, 0.25) is 0 Å². The molecule has 0 radical (unpaired) electrons. The lowest BCUT2D eigenvalue weighted by molar-refractivity contribution is 1.58. The number of rotatable bonds is 5. The van der Waals surface area contributed by atoms with Gasteiger partial charge < -0.3 is 0 Å². The molecule has 0 aliphatic heterocycles. The van der Waals surface area contributed by atoms with E-state index in [4.69, 9.17) is 0 Å². The van der Waals surface area contributed by atoms with Gasteiger partial charge in [0.25, 0.3) is 0 Å². The van der Waals surface area contributed by atoms with Crippen molar-refractivity contribution in [2.24, 2.45) is 0 Å². The predicted molar refractivity (Wildman–Crippen MR) is 139 cm³/mol. The zero-order chi connectivity index (χ0) is 22.8. The number of hydrogen-bond acceptors (Lipinski definition) is 0. The van der Waals surface area contributed by atoms with E-state index in [0.29, 0.717) is 0 Å². The Labute approximate surface area is 179 Å². The van der Waals surface area contributed by atoms with Crippen LogP contribution in [0.15, 0.2) is 149 Å². The molecule has 0 heteroatoms. The van der Waals surface area contributed by atoms with Crippen molar-refractivity contribution in [2.75, 3.05) is 0 Å². The molecule has 2 aromatic carbocycles. The standard InChI is InChI=1S/2C8H8.C5H8.2C4H6/c2*1-2-8-6-4-3-5-7-8;1-4-5(2)3;2*1-3-4-2/h2*2-7H,1H2;4H,1-2H2,3H3;2*3-4H,1-2H2. The fourth-order valence-corrected chi connectivity index (χ4v) is 1.18. The molecule has 0 unspecified atom stereocenters. The van der Waals surface area contributed by atoms with Gasteiger partial charge in [0, 0.05) is 0 Å². The molecule has 0 saturated carbocycles. The second-order valence-electron chi connectivity index (χ2n) is 5.22. The molecular weight excluding hydrogens is 348 g/mol. The van der Waals surface area contributed by atoms with Crippen molar-refractivity contribution >= 4 is 12.2 Å². The van der Waals surface area contributed by atoms with Gasteiger partial charge in [-0.05, 0) is 18.1 Å². The van der Waals surface area contributed by atoms with E-state index < -0.39 is 0 Å². The monoisotopic (exact) mass is 384 g/mol. The molecule has 2 rings (SSSR count). The average molecular weight is 385 g/mol. The first-order valence-electron chi connectivity index (χ1n) is 9.07. The zero-order valence-electron chi connectivity index (χ0n) is 18.0. The Morgan fingerprint density at radius 2 is 0.793 bits per heavy atom. The minimum Gasteiger partial charge on any atom is -0.0991 e. The molecule has 0 aliphatic rings. The number of allylic oxidation sites excluding steroid dienone is 6. The van der Waals surface area contributed by atoms with Gasteiger partial charge in [0.15, 0.2) is 0 Å². The van der Waals surface area contributed by atoms with Gasteiger partial charge >= 0.3 is 0 Å². The highest BCUT2D eigenvalue weighted by Gasteiger charge is 1.76. The maximum Gasteiger partial charge on any atom is -0.0263 e. The van der Waals surface area contributed by atoms with Gasteiger partial charge in [0.2, 0.25) is 0 Å². The van der Waals surface area contributed by atoms with E-state index in [-0.39, 0.29) is 0 Å². The second kappa shape index (κ2) is 26.6. The number of hydrogen-bond donors (Lipinski definition) is 0. The molecule has 0 amide bonds. The van der Waals surface area contributed by atoms with Crippen molar-refractivity contribution in [2.45, 2.75) is 6.92 Å². The molecular formula is C29H36. The van der Waals surface area contributed by atoms with E-state index in [9.17, 15) is 0 Å². The first-order valence-corrected chi connectivity index (χ1v) is 9.07. The van der Waals surface area contributed by atoms with E-state index in [1.165, 1.54) is 11.1 Å². The topological polar surface area (TPSA) is 0 Å². The third-order valence-electron chi connectivity index (χ3n) is 2.75. The summed E-state index contributed by atoms with van der Waals surface area (Å²) in [5.41, 5.74) is 3.37. The van der Waals surface area contributed by atoms with Crippen LogP contribution < -0.4 is 0 Å². The molecule has 0 bridgehead atoms. The summed E-state index contributed by atoms with van der Waals surface area (Å²) in [6.07, 6.45) is 11.9. The Hall–Kier alpha value is -3.64. The van der Waals surface area contributed by atoms with E-state index in [1.54, 1.807) is 30.4 Å². The lowest BCUT2D eigenvalue weighted by Crippen LogP contribution is -1.63. The van der Waals surface area contributed by atoms with Gasteiger partial charge in [-0.3, -0.25) is 0 Å². The normalized spacial score (nSPS) is 7.21. The maximum atomic E-state index is 3.63. The van der Waals surface area contributed by atoms with E-state index >= 15 is 0 Å². The summed E-state index contributed by atoms with van der Waals surface area (Å²) in [4.78, 5) is 0. The average Bonchev–Trinajstić information content (AvgIpc) is 2.81. The first kappa shape index (κ1) is 30.1. The minimum atomic E-state index is 1.02. The fourth-order valence-electron chi connectivity index (χ4n) is 1.18. The summed E-state index contributed by atoms with van der Waals surface area (Å²) in [7, 11) is 0. The smallest absolute Gasteiger partial charge is 0.0263 e. The predicted octanol–water partition coefficient (Wildman–Crippen LogP) is 9.12. The highest BCUT2D eigenvalue weighted by Crippen LogP contribution is 1.98. The van der Waals surface area contributed by atoms with Crippen molar-refractivity contribution in [1.82, 2.24) is 0 Å². The highest BCUT2D eigenvalue weighted by molar-refractivity contribution is 5.46. The van der Waals surface area contributed by atoms with Crippen molar-refractivity contribution in [1.29, 1.82) is 0 Å². The van der Waals surface area contributed by atoms with Crippen molar-refractivity contribution in [3.05, 3.63) is 160 Å². The molecule has 2 aromatic rings. The van der Waals surface area contributed by atoms with Crippen LogP contribution in [-0.4, -0.2) is 0 Å². The van der Waals surface area contributed by atoms with E-state index in [0.717, 1.165) is 5.57 Å². The van der Waals surface area contributed by atoms with Crippen LogP contribution in [0.3, 0.4) is 0 Å². The lowest BCUT2D eigenvalue weighted by atomic mass is 10.2. The minimum absolute atomic E-state index is 1.02. The Bertz CT molecular complexity index is 633. The van der Waals surface area contributed by atoms with Crippen molar-refractivity contribution in [3.63, 3.8) is 0 Å². The summed E-state index contributed by atoms with van der Waals surface area (Å²) in [6, 6.07) is 20.1. The third-order valence-corrected chi connectivity index (χ3v) is 2.75. The summed E-state index contributed by atoms with van der Waals surface area (Å²) in [5.74, 6) is 0. The first-order chi connectivity index (χ1) is 14.0. The Kier molecular flexibility index (Phi) is 27.6. The van der Waals surface area contributed by atoms with Gasteiger partial charge in [0.05, 0.1) is 0 Å². The SMILES string of the molecule is C=CC(=C)C.C=CC=C.C=CC=C.C=Cc1ccccc1.C=Cc1ccccc1. The molecule has 0 heterocycles. The molecule has 0 atom stereocenters. The molecule has 0 saturated heterocycles. The van der Waals surface area contributed by atoms with Crippen LogP contribution in [0, 0.1) is 0 Å². The molecule has 0 aliphatic carbocycles. The van der Waals surface area contributed by atoms with Crippen LogP contribution in [0.1, 0.15) is 18.1 Å². The molecule has 152 valence electrons. The summed E-state index contributed by atoms with van der Waals surface area (Å²) >= 11 is 0.